The number of nitrogens with one attached hydrogen (secondary N) is 1. The van der Waals surface area contributed by atoms with Crippen molar-refractivity contribution in [3.63, 3.8) is 0 Å². The number of carboxylic acid groups (broad SMARTS) is 1. The molecule has 0 amide bonds. The summed E-state index contributed by atoms with van der Waals surface area (Å²) in [4.78, 5) is 13.8. The van der Waals surface area contributed by atoms with Crippen LogP contribution in [0.15, 0.2) is 12.3 Å². The van der Waals surface area contributed by atoms with E-state index in [1.165, 1.54) is 7.11 Å². The van der Waals surface area contributed by atoms with E-state index >= 15 is 0 Å². The van der Waals surface area contributed by atoms with Crippen molar-refractivity contribution in [1.82, 2.24) is 4.98 Å². The SMILES string of the molecule is COc1cc2[nH]cc(CC(N)C(=O)O)c2c(C)c1F. The number of fused-ring (bicyclic) bond motifs is 1. The van der Waals surface area contributed by atoms with Crippen molar-refractivity contribution in [1.29, 1.82) is 0 Å². The zero-order valence-corrected chi connectivity index (χ0v) is 10.7. The Bertz CT molecular complexity index is 636. The number of benzene rings is 1. The van der Waals surface area contributed by atoms with Crippen molar-refractivity contribution >= 4 is 16.9 Å². The highest BCUT2D eigenvalue weighted by Gasteiger charge is 2.19. The second-order valence-corrected chi connectivity index (χ2v) is 4.40. The predicted octanol–water partition coefficient (Wildman–Crippen LogP) is 1.58. The molecule has 0 bridgehead atoms. The van der Waals surface area contributed by atoms with Crippen LogP contribution in [0.2, 0.25) is 0 Å². The number of aromatic nitrogens is 1. The second-order valence-electron chi connectivity index (χ2n) is 4.40. The van der Waals surface area contributed by atoms with Crippen LogP contribution in [-0.2, 0) is 11.2 Å². The summed E-state index contributed by atoms with van der Waals surface area (Å²) >= 11 is 0. The third-order valence-electron chi connectivity index (χ3n) is 3.17. The smallest absolute Gasteiger partial charge is 0.320 e. The number of rotatable bonds is 4. The van der Waals surface area contributed by atoms with Crippen LogP contribution in [0.5, 0.6) is 5.75 Å². The fraction of sp³-hybridized carbons (Fsp3) is 0.308. The van der Waals surface area contributed by atoms with Gasteiger partial charge in [-0.25, -0.2) is 4.39 Å². The van der Waals surface area contributed by atoms with Crippen molar-refractivity contribution in [2.45, 2.75) is 19.4 Å². The predicted molar refractivity (Wildman–Crippen MR) is 68.9 cm³/mol. The van der Waals surface area contributed by atoms with Crippen LogP contribution < -0.4 is 10.5 Å². The fourth-order valence-electron chi connectivity index (χ4n) is 2.16. The van der Waals surface area contributed by atoms with Crippen LogP contribution in [0.25, 0.3) is 10.9 Å². The van der Waals surface area contributed by atoms with E-state index in [9.17, 15) is 9.18 Å². The summed E-state index contributed by atoms with van der Waals surface area (Å²) in [5.74, 6) is -1.37. The number of methoxy groups -OCH3 is 1. The Morgan fingerprint density at radius 3 is 2.89 bits per heavy atom. The van der Waals surface area contributed by atoms with Gasteiger partial charge in [-0.3, -0.25) is 4.79 Å². The molecule has 0 aliphatic heterocycles. The lowest BCUT2D eigenvalue weighted by molar-refractivity contribution is -0.138. The molecule has 0 saturated carbocycles. The molecule has 0 saturated heterocycles. The molecule has 1 aromatic carbocycles. The van der Waals surface area contributed by atoms with E-state index in [0.717, 1.165) is 0 Å². The van der Waals surface area contributed by atoms with E-state index in [2.05, 4.69) is 4.98 Å². The lowest BCUT2D eigenvalue weighted by Crippen LogP contribution is -2.32. The Hall–Kier alpha value is -2.08. The zero-order valence-electron chi connectivity index (χ0n) is 10.7. The van der Waals surface area contributed by atoms with E-state index in [0.29, 0.717) is 22.0 Å². The average Bonchev–Trinajstić information content (AvgIpc) is 2.76. The highest BCUT2D eigenvalue weighted by Crippen LogP contribution is 2.31. The molecular formula is C13H15FN2O3. The first-order valence-corrected chi connectivity index (χ1v) is 5.77. The summed E-state index contributed by atoms with van der Waals surface area (Å²) in [5.41, 5.74) is 7.31. The molecule has 1 aromatic heterocycles. The monoisotopic (exact) mass is 266 g/mol. The number of halogens is 1. The molecule has 0 aliphatic carbocycles. The molecule has 0 radical (unpaired) electrons. The zero-order chi connectivity index (χ0) is 14.2. The summed E-state index contributed by atoms with van der Waals surface area (Å²) in [6.45, 7) is 1.63. The molecule has 0 fully saturated rings. The van der Waals surface area contributed by atoms with Gasteiger partial charge in [-0.05, 0) is 18.1 Å². The standard InChI is InChI=1S/C13H15FN2O3/c1-6-11-7(3-8(15)13(17)18)5-16-9(11)4-10(19-2)12(6)14/h4-5,8,16H,3,15H2,1-2H3,(H,17,18). The summed E-state index contributed by atoms with van der Waals surface area (Å²) in [6.07, 6.45) is 1.79. The fourth-order valence-corrected chi connectivity index (χ4v) is 2.16. The number of hydrogen-bond donors (Lipinski definition) is 3. The highest BCUT2D eigenvalue weighted by atomic mass is 19.1. The van der Waals surface area contributed by atoms with Gasteiger partial charge in [0.05, 0.1) is 7.11 Å². The van der Waals surface area contributed by atoms with Gasteiger partial charge in [0.15, 0.2) is 11.6 Å². The number of ether oxygens (including phenoxy) is 1. The summed E-state index contributed by atoms with van der Waals surface area (Å²) in [7, 11) is 1.40. The first-order valence-electron chi connectivity index (χ1n) is 5.77. The number of H-pyrrole nitrogens is 1. The molecule has 102 valence electrons. The quantitative estimate of drug-likeness (QED) is 0.784. The summed E-state index contributed by atoms with van der Waals surface area (Å²) < 4.78 is 18.9. The van der Waals surface area contributed by atoms with Crippen molar-refractivity contribution in [2.75, 3.05) is 7.11 Å². The van der Waals surface area contributed by atoms with Gasteiger partial charge in [-0.15, -0.1) is 0 Å². The van der Waals surface area contributed by atoms with Crippen molar-refractivity contribution < 1.29 is 19.0 Å². The van der Waals surface area contributed by atoms with Gasteiger partial charge >= 0.3 is 5.97 Å². The normalized spacial score (nSPS) is 12.6. The van der Waals surface area contributed by atoms with Gasteiger partial charge in [0.25, 0.3) is 0 Å². The van der Waals surface area contributed by atoms with Crippen molar-refractivity contribution in [3.8, 4) is 5.75 Å². The number of nitrogens with two attached hydrogens (primary N) is 1. The lowest BCUT2D eigenvalue weighted by atomic mass is 10.0. The Kier molecular flexibility index (Phi) is 3.44. The molecule has 1 heterocycles. The van der Waals surface area contributed by atoms with E-state index in [4.69, 9.17) is 15.6 Å². The van der Waals surface area contributed by atoms with Crippen LogP contribution in [0.1, 0.15) is 11.1 Å². The van der Waals surface area contributed by atoms with Crippen LogP contribution in [0.4, 0.5) is 4.39 Å². The molecule has 5 nitrogen and oxygen atoms in total. The van der Waals surface area contributed by atoms with Gasteiger partial charge in [-0.2, -0.15) is 0 Å². The topological polar surface area (TPSA) is 88.3 Å². The minimum absolute atomic E-state index is 0.141. The second kappa shape index (κ2) is 4.89. The first-order chi connectivity index (χ1) is 8.95. The van der Waals surface area contributed by atoms with Crippen LogP contribution in [-0.4, -0.2) is 29.2 Å². The molecule has 1 atom stereocenters. The molecule has 6 heteroatoms. The van der Waals surface area contributed by atoms with Gasteiger partial charge in [-0.1, -0.05) is 0 Å². The summed E-state index contributed by atoms with van der Waals surface area (Å²) in [5, 5.41) is 9.49. The molecule has 2 aromatic rings. The number of carbonyl (C=O) groups is 1. The molecule has 4 N–H and O–H groups in total. The Morgan fingerprint density at radius 2 is 2.32 bits per heavy atom. The molecular weight excluding hydrogens is 251 g/mol. The molecule has 0 aliphatic rings. The maximum Gasteiger partial charge on any atom is 0.320 e. The average molecular weight is 266 g/mol. The van der Waals surface area contributed by atoms with Crippen molar-refractivity contribution in [3.05, 3.63) is 29.2 Å². The van der Waals surface area contributed by atoms with E-state index in [-0.39, 0.29) is 12.2 Å². The molecule has 19 heavy (non-hydrogen) atoms. The lowest BCUT2D eigenvalue weighted by Gasteiger charge is -2.09. The number of aliphatic carboxylic acids is 1. The molecule has 1 unspecified atom stereocenters. The van der Waals surface area contributed by atoms with E-state index in [1.54, 1.807) is 19.2 Å². The molecule has 2 rings (SSSR count). The minimum atomic E-state index is -1.08. The maximum atomic E-state index is 14.0. The van der Waals surface area contributed by atoms with Gasteiger partial charge in [0, 0.05) is 29.6 Å². The number of carboxylic acids is 1. The maximum absolute atomic E-state index is 14.0. The number of hydrogen-bond acceptors (Lipinski definition) is 3. The highest BCUT2D eigenvalue weighted by molar-refractivity contribution is 5.89. The van der Waals surface area contributed by atoms with Gasteiger partial charge in [0.2, 0.25) is 0 Å². The van der Waals surface area contributed by atoms with Crippen LogP contribution in [0, 0.1) is 12.7 Å². The third-order valence-corrected chi connectivity index (χ3v) is 3.17. The summed E-state index contributed by atoms with van der Waals surface area (Å²) in [6, 6.07) is 0.538. The van der Waals surface area contributed by atoms with E-state index in [1.807, 2.05) is 0 Å². The first kappa shape index (κ1) is 13.4. The van der Waals surface area contributed by atoms with Crippen molar-refractivity contribution in [2.24, 2.45) is 5.73 Å². The Morgan fingerprint density at radius 1 is 1.63 bits per heavy atom. The van der Waals surface area contributed by atoms with Gasteiger partial charge in [0.1, 0.15) is 6.04 Å². The Labute approximate surface area is 109 Å². The molecule has 0 spiro atoms. The third kappa shape index (κ3) is 2.26. The largest absolute Gasteiger partial charge is 0.494 e. The Balaban J connectivity index is 2.54. The number of aryl methyl sites for hydroxylation is 1. The van der Waals surface area contributed by atoms with Gasteiger partial charge < -0.3 is 20.6 Å². The van der Waals surface area contributed by atoms with Crippen LogP contribution in [0.3, 0.4) is 0 Å². The van der Waals surface area contributed by atoms with E-state index < -0.39 is 17.8 Å². The number of aromatic amines is 1. The minimum Gasteiger partial charge on any atom is -0.494 e. The van der Waals surface area contributed by atoms with Crippen LogP contribution >= 0.6 is 0 Å².